The third kappa shape index (κ3) is 5.12. The SMILES string of the molecule is O=C(CCS(=O)(=O)c1ccc(F)cc1)N(Cc1ccccn1)c1nc2ccc(Cl)cc2s1. The minimum absolute atomic E-state index is 0.0300. The van der Waals surface area contributed by atoms with Crippen molar-refractivity contribution < 1.29 is 17.6 Å². The lowest BCUT2D eigenvalue weighted by Gasteiger charge is -2.19. The highest BCUT2D eigenvalue weighted by Crippen LogP contribution is 2.32. The summed E-state index contributed by atoms with van der Waals surface area (Å²) in [6.45, 7) is 0.143. The van der Waals surface area contributed by atoms with Crippen molar-refractivity contribution >= 4 is 54.0 Å². The van der Waals surface area contributed by atoms with E-state index in [2.05, 4.69) is 9.97 Å². The van der Waals surface area contributed by atoms with Crippen molar-refractivity contribution in [1.82, 2.24) is 9.97 Å². The van der Waals surface area contributed by atoms with Crippen molar-refractivity contribution in [2.45, 2.75) is 17.9 Å². The second-order valence-electron chi connectivity index (χ2n) is 6.93. The molecule has 4 aromatic rings. The van der Waals surface area contributed by atoms with Crippen molar-refractivity contribution in [1.29, 1.82) is 0 Å². The molecule has 0 saturated heterocycles. The Morgan fingerprint density at radius 3 is 2.59 bits per heavy atom. The number of fused-ring (bicyclic) bond motifs is 1. The van der Waals surface area contributed by atoms with Gasteiger partial charge in [0.25, 0.3) is 0 Å². The number of carbonyl (C=O) groups is 1. The first-order valence-electron chi connectivity index (χ1n) is 9.56. The van der Waals surface area contributed by atoms with E-state index in [1.165, 1.54) is 28.4 Å². The van der Waals surface area contributed by atoms with Gasteiger partial charge in [-0.05, 0) is 54.6 Å². The van der Waals surface area contributed by atoms with Crippen molar-refractivity contribution in [3.8, 4) is 0 Å². The maximum absolute atomic E-state index is 13.1. The molecule has 10 heteroatoms. The molecule has 0 bridgehead atoms. The fraction of sp³-hybridized carbons (Fsp3) is 0.136. The maximum Gasteiger partial charge on any atom is 0.230 e. The molecule has 0 aliphatic rings. The Kier molecular flexibility index (Phi) is 6.50. The van der Waals surface area contributed by atoms with Crippen LogP contribution in [0, 0.1) is 5.82 Å². The van der Waals surface area contributed by atoms with Gasteiger partial charge < -0.3 is 0 Å². The molecule has 0 aliphatic heterocycles. The molecule has 0 spiro atoms. The molecule has 0 N–H and O–H groups in total. The predicted octanol–water partition coefficient (Wildman–Crippen LogP) is 4.88. The van der Waals surface area contributed by atoms with E-state index in [1.807, 2.05) is 6.07 Å². The second kappa shape index (κ2) is 9.32. The van der Waals surface area contributed by atoms with Gasteiger partial charge in [-0.2, -0.15) is 0 Å². The Morgan fingerprint density at radius 1 is 1.09 bits per heavy atom. The Bertz CT molecular complexity index is 1360. The molecule has 2 aromatic carbocycles. The molecular formula is C22H17ClFN3O3S2. The normalized spacial score (nSPS) is 11.6. The third-order valence-corrected chi connectivity index (χ3v) is 7.68. The number of pyridine rings is 1. The van der Waals surface area contributed by atoms with Gasteiger partial charge in [0.2, 0.25) is 5.91 Å². The second-order valence-corrected chi connectivity index (χ2v) is 10.5. The highest BCUT2D eigenvalue weighted by atomic mass is 35.5. The largest absolute Gasteiger partial charge is 0.282 e. The number of hydrogen-bond donors (Lipinski definition) is 0. The fourth-order valence-corrected chi connectivity index (χ4v) is 5.52. The molecule has 0 radical (unpaired) electrons. The third-order valence-electron chi connectivity index (χ3n) is 4.67. The Hall–Kier alpha value is -2.88. The van der Waals surface area contributed by atoms with Gasteiger partial charge in [0, 0.05) is 17.6 Å². The molecule has 0 fully saturated rings. The van der Waals surface area contributed by atoms with E-state index < -0.39 is 27.3 Å². The first kappa shape index (κ1) is 22.3. The summed E-state index contributed by atoms with van der Waals surface area (Å²) >= 11 is 7.35. The number of rotatable bonds is 7. The zero-order chi connectivity index (χ0) is 22.7. The van der Waals surface area contributed by atoms with Crippen molar-refractivity contribution in [3.63, 3.8) is 0 Å². The van der Waals surface area contributed by atoms with E-state index in [1.54, 1.807) is 36.5 Å². The number of sulfone groups is 1. The van der Waals surface area contributed by atoms with Crippen LogP contribution < -0.4 is 4.90 Å². The van der Waals surface area contributed by atoms with Crippen molar-refractivity contribution in [2.24, 2.45) is 0 Å². The summed E-state index contributed by atoms with van der Waals surface area (Å²) in [6.07, 6.45) is 1.36. The summed E-state index contributed by atoms with van der Waals surface area (Å²) in [5.74, 6) is -1.35. The maximum atomic E-state index is 13.1. The molecule has 2 aromatic heterocycles. The minimum Gasteiger partial charge on any atom is -0.282 e. The molecule has 6 nitrogen and oxygen atoms in total. The van der Waals surface area contributed by atoms with Crippen LogP contribution in [0.1, 0.15) is 12.1 Å². The van der Waals surface area contributed by atoms with Crippen LogP contribution >= 0.6 is 22.9 Å². The van der Waals surface area contributed by atoms with Gasteiger partial charge in [-0.25, -0.2) is 17.8 Å². The van der Waals surface area contributed by atoms with Crippen LogP contribution in [0.25, 0.3) is 10.2 Å². The number of nitrogens with zero attached hydrogens (tertiary/aromatic N) is 3. The number of amides is 1. The van der Waals surface area contributed by atoms with Gasteiger partial charge in [0.15, 0.2) is 15.0 Å². The summed E-state index contributed by atoms with van der Waals surface area (Å²) in [4.78, 5) is 23.3. The monoisotopic (exact) mass is 489 g/mol. The summed E-state index contributed by atoms with van der Waals surface area (Å²) in [6, 6.07) is 15.1. The lowest BCUT2D eigenvalue weighted by Crippen LogP contribution is -2.32. The summed E-state index contributed by atoms with van der Waals surface area (Å²) < 4.78 is 39.2. The van der Waals surface area contributed by atoms with Gasteiger partial charge in [-0.3, -0.25) is 14.7 Å². The number of anilines is 1. The number of hydrogen-bond acceptors (Lipinski definition) is 6. The van der Waals surface area contributed by atoms with Crippen molar-refractivity contribution in [2.75, 3.05) is 10.7 Å². The van der Waals surface area contributed by atoms with Crippen LogP contribution in [0.5, 0.6) is 0 Å². The van der Waals surface area contributed by atoms with Gasteiger partial charge in [0.05, 0.1) is 33.1 Å². The number of halogens is 2. The fourth-order valence-electron chi connectivity index (χ4n) is 3.03. The summed E-state index contributed by atoms with van der Waals surface area (Å²) in [7, 11) is -3.76. The number of benzene rings is 2. The predicted molar refractivity (Wildman–Crippen MR) is 123 cm³/mol. The molecule has 0 unspecified atom stereocenters. The van der Waals surface area contributed by atoms with Gasteiger partial charge >= 0.3 is 0 Å². The summed E-state index contributed by atoms with van der Waals surface area (Å²) in [5, 5.41) is 0.984. The van der Waals surface area contributed by atoms with Crippen LogP contribution in [0.4, 0.5) is 9.52 Å². The topological polar surface area (TPSA) is 80.2 Å². The van der Waals surface area contributed by atoms with E-state index in [0.717, 1.165) is 16.8 Å². The standard InChI is InChI=1S/C22H17ClFN3O3S2/c23-15-4-9-19-20(13-15)31-22(26-19)27(14-17-3-1-2-11-25-17)21(28)10-12-32(29,30)18-7-5-16(24)6-8-18/h1-9,11,13H,10,12,14H2. The van der Waals surface area contributed by atoms with E-state index in [0.29, 0.717) is 21.4 Å². The highest BCUT2D eigenvalue weighted by Gasteiger charge is 2.24. The first-order chi connectivity index (χ1) is 15.3. The Balaban J connectivity index is 1.60. The average molecular weight is 490 g/mol. The minimum atomic E-state index is -3.76. The van der Waals surface area contributed by atoms with Gasteiger partial charge in [-0.15, -0.1) is 0 Å². The van der Waals surface area contributed by atoms with Crippen LogP contribution in [0.15, 0.2) is 71.8 Å². The molecule has 0 atom stereocenters. The number of carbonyl (C=O) groups excluding carboxylic acids is 1. The molecule has 32 heavy (non-hydrogen) atoms. The molecule has 1 amide bonds. The van der Waals surface area contributed by atoms with E-state index in [4.69, 9.17) is 11.6 Å². The summed E-state index contributed by atoms with van der Waals surface area (Å²) in [5.41, 5.74) is 1.33. The highest BCUT2D eigenvalue weighted by molar-refractivity contribution is 7.91. The van der Waals surface area contributed by atoms with Crippen LogP contribution in [-0.4, -0.2) is 30.0 Å². The molecule has 0 aliphatic carbocycles. The first-order valence-corrected chi connectivity index (χ1v) is 12.4. The van der Waals surface area contributed by atoms with Gasteiger partial charge in [-0.1, -0.05) is 29.0 Å². The average Bonchev–Trinajstić information content (AvgIpc) is 3.19. The Labute approximate surface area is 193 Å². The lowest BCUT2D eigenvalue weighted by molar-refractivity contribution is -0.118. The van der Waals surface area contributed by atoms with E-state index in [9.17, 15) is 17.6 Å². The van der Waals surface area contributed by atoms with Crippen LogP contribution in [0.3, 0.4) is 0 Å². The molecule has 4 rings (SSSR count). The molecule has 164 valence electrons. The zero-order valence-corrected chi connectivity index (χ0v) is 19.0. The van der Waals surface area contributed by atoms with Gasteiger partial charge in [0.1, 0.15) is 5.82 Å². The van der Waals surface area contributed by atoms with E-state index in [-0.39, 0.29) is 17.9 Å². The molecule has 2 heterocycles. The molecule has 0 saturated carbocycles. The smallest absolute Gasteiger partial charge is 0.230 e. The number of thiazole rings is 1. The van der Waals surface area contributed by atoms with E-state index >= 15 is 0 Å². The number of aromatic nitrogens is 2. The van der Waals surface area contributed by atoms with Crippen molar-refractivity contribution in [3.05, 3.63) is 83.4 Å². The van der Waals surface area contributed by atoms with Crippen LogP contribution in [-0.2, 0) is 21.2 Å². The lowest BCUT2D eigenvalue weighted by atomic mass is 10.3. The zero-order valence-electron chi connectivity index (χ0n) is 16.6. The quantitative estimate of drug-likeness (QED) is 0.345. The Morgan fingerprint density at radius 2 is 1.88 bits per heavy atom. The molecular weight excluding hydrogens is 473 g/mol. The van der Waals surface area contributed by atoms with Crippen LogP contribution in [0.2, 0.25) is 5.02 Å².